The molecule has 5 atom stereocenters. The summed E-state index contributed by atoms with van der Waals surface area (Å²) in [6.45, 7) is 4.78. The van der Waals surface area contributed by atoms with E-state index < -0.39 is 0 Å². The van der Waals surface area contributed by atoms with Crippen LogP contribution in [0.25, 0.3) is 0 Å². The number of hydrogen-bond acceptors (Lipinski definition) is 3. The average Bonchev–Trinajstić information content (AvgIpc) is 3.09. The van der Waals surface area contributed by atoms with Gasteiger partial charge in [0.15, 0.2) is 0 Å². The van der Waals surface area contributed by atoms with Gasteiger partial charge in [0, 0.05) is 19.1 Å². The lowest BCUT2D eigenvalue weighted by Crippen LogP contribution is -2.46. The van der Waals surface area contributed by atoms with Gasteiger partial charge in [0.05, 0.1) is 6.54 Å². The first-order valence-electron chi connectivity index (χ1n) is 9.03. The van der Waals surface area contributed by atoms with Crippen molar-refractivity contribution in [3.63, 3.8) is 0 Å². The predicted molar refractivity (Wildman–Crippen MR) is 82.9 cm³/mol. The SMILES string of the molecule is O=C(CN1CCCNCC1)NC1CC2CC1C1CCCC21. The Labute approximate surface area is 128 Å². The van der Waals surface area contributed by atoms with Crippen LogP contribution in [0.5, 0.6) is 0 Å². The number of hydrogen-bond donors (Lipinski definition) is 2. The molecule has 0 radical (unpaired) electrons. The molecule has 0 aromatic heterocycles. The third kappa shape index (κ3) is 2.72. The third-order valence-corrected chi connectivity index (χ3v) is 6.58. The standard InChI is InChI=1S/C17H29N3O/c21-17(11-20-7-2-5-18-6-8-20)19-16-10-12-9-15(16)14-4-1-3-13(12)14/h12-16,18H,1-11H2,(H,19,21). The molecule has 1 heterocycles. The van der Waals surface area contributed by atoms with Crippen molar-refractivity contribution in [2.75, 3.05) is 32.7 Å². The monoisotopic (exact) mass is 291 g/mol. The maximum absolute atomic E-state index is 12.4. The molecule has 3 aliphatic carbocycles. The van der Waals surface area contributed by atoms with Crippen molar-refractivity contribution in [2.24, 2.45) is 23.7 Å². The highest BCUT2D eigenvalue weighted by Crippen LogP contribution is 2.58. The number of nitrogens with zero attached hydrogens (tertiary/aromatic N) is 1. The summed E-state index contributed by atoms with van der Waals surface area (Å²) in [5.41, 5.74) is 0. The van der Waals surface area contributed by atoms with E-state index in [2.05, 4.69) is 15.5 Å². The van der Waals surface area contributed by atoms with Gasteiger partial charge in [0.25, 0.3) is 0 Å². The van der Waals surface area contributed by atoms with Crippen LogP contribution < -0.4 is 10.6 Å². The first-order valence-corrected chi connectivity index (χ1v) is 9.03. The zero-order valence-electron chi connectivity index (χ0n) is 13.0. The zero-order chi connectivity index (χ0) is 14.2. The molecule has 4 heteroatoms. The summed E-state index contributed by atoms with van der Waals surface area (Å²) in [6.07, 6.45) is 8.14. The van der Waals surface area contributed by atoms with Gasteiger partial charge in [-0.2, -0.15) is 0 Å². The first-order chi connectivity index (χ1) is 10.3. The lowest BCUT2D eigenvalue weighted by Gasteiger charge is -2.32. The molecular formula is C17H29N3O. The van der Waals surface area contributed by atoms with Crippen LogP contribution in [0.3, 0.4) is 0 Å². The third-order valence-electron chi connectivity index (χ3n) is 6.58. The lowest BCUT2D eigenvalue weighted by atomic mass is 9.79. The fourth-order valence-corrected chi connectivity index (χ4v) is 5.75. The molecule has 3 saturated carbocycles. The second-order valence-corrected chi connectivity index (χ2v) is 7.71. The Morgan fingerprint density at radius 3 is 2.90 bits per heavy atom. The number of fused-ring (bicyclic) bond motifs is 5. The normalized spacial score (nSPS) is 42.8. The summed E-state index contributed by atoms with van der Waals surface area (Å²) in [7, 11) is 0. The highest BCUT2D eigenvalue weighted by Gasteiger charge is 2.53. The van der Waals surface area contributed by atoms with Crippen LogP contribution in [0.4, 0.5) is 0 Å². The van der Waals surface area contributed by atoms with Crippen molar-refractivity contribution in [3.8, 4) is 0 Å². The van der Waals surface area contributed by atoms with Gasteiger partial charge in [0.2, 0.25) is 5.91 Å². The van der Waals surface area contributed by atoms with E-state index in [-0.39, 0.29) is 5.91 Å². The van der Waals surface area contributed by atoms with Crippen molar-refractivity contribution in [2.45, 2.75) is 44.6 Å². The number of rotatable bonds is 3. The van der Waals surface area contributed by atoms with Crippen LogP contribution in [0.1, 0.15) is 38.5 Å². The quantitative estimate of drug-likeness (QED) is 0.822. The molecule has 2 bridgehead atoms. The minimum absolute atomic E-state index is 0.268. The predicted octanol–water partition coefficient (Wildman–Crippen LogP) is 1.22. The lowest BCUT2D eigenvalue weighted by molar-refractivity contribution is -0.123. The molecule has 1 saturated heterocycles. The topological polar surface area (TPSA) is 44.4 Å². The molecule has 4 nitrogen and oxygen atoms in total. The number of nitrogens with one attached hydrogen (secondary N) is 2. The first kappa shape index (κ1) is 14.0. The fraction of sp³-hybridized carbons (Fsp3) is 0.941. The Morgan fingerprint density at radius 2 is 1.95 bits per heavy atom. The molecule has 118 valence electrons. The number of carbonyl (C=O) groups excluding carboxylic acids is 1. The molecular weight excluding hydrogens is 262 g/mol. The Kier molecular flexibility index (Phi) is 3.92. The zero-order valence-corrected chi connectivity index (χ0v) is 13.0. The molecule has 1 aliphatic heterocycles. The largest absolute Gasteiger partial charge is 0.352 e. The minimum atomic E-state index is 0.268. The van der Waals surface area contributed by atoms with Crippen LogP contribution in [0.15, 0.2) is 0 Å². The summed E-state index contributed by atoms with van der Waals surface area (Å²) in [5.74, 6) is 3.95. The molecule has 1 amide bonds. The number of amides is 1. The Bertz CT molecular complexity index is 391. The van der Waals surface area contributed by atoms with Crippen molar-refractivity contribution in [1.29, 1.82) is 0 Å². The summed E-state index contributed by atoms with van der Waals surface area (Å²) in [4.78, 5) is 14.7. The maximum Gasteiger partial charge on any atom is 0.234 e. The summed E-state index contributed by atoms with van der Waals surface area (Å²) in [5, 5.41) is 6.79. The molecule has 4 fully saturated rings. The van der Waals surface area contributed by atoms with E-state index in [1.54, 1.807) is 0 Å². The average molecular weight is 291 g/mol. The fourth-order valence-electron chi connectivity index (χ4n) is 5.75. The highest BCUT2D eigenvalue weighted by molar-refractivity contribution is 5.78. The van der Waals surface area contributed by atoms with Gasteiger partial charge in [0.1, 0.15) is 0 Å². The van der Waals surface area contributed by atoms with Gasteiger partial charge in [-0.1, -0.05) is 6.42 Å². The molecule has 0 aromatic carbocycles. The second-order valence-electron chi connectivity index (χ2n) is 7.71. The summed E-state index contributed by atoms with van der Waals surface area (Å²) in [6, 6.07) is 0.493. The number of carbonyl (C=O) groups is 1. The minimum Gasteiger partial charge on any atom is -0.352 e. The molecule has 4 rings (SSSR count). The van der Waals surface area contributed by atoms with Crippen molar-refractivity contribution in [3.05, 3.63) is 0 Å². The van der Waals surface area contributed by atoms with E-state index in [9.17, 15) is 4.79 Å². The molecule has 2 N–H and O–H groups in total. The van der Waals surface area contributed by atoms with Gasteiger partial charge in [-0.15, -0.1) is 0 Å². The van der Waals surface area contributed by atoms with Gasteiger partial charge in [-0.3, -0.25) is 9.69 Å². The van der Waals surface area contributed by atoms with Crippen LogP contribution in [0.2, 0.25) is 0 Å². The van der Waals surface area contributed by atoms with E-state index in [0.717, 1.165) is 56.3 Å². The van der Waals surface area contributed by atoms with E-state index in [1.807, 2.05) is 0 Å². The van der Waals surface area contributed by atoms with Gasteiger partial charge >= 0.3 is 0 Å². The van der Waals surface area contributed by atoms with Gasteiger partial charge < -0.3 is 10.6 Å². The molecule has 5 unspecified atom stereocenters. The molecule has 4 aliphatic rings. The van der Waals surface area contributed by atoms with Crippen LogP contribution in [-0.2, 0) is 4.79 Å². The van der Waals surface area contributed by atoms with E-state index >= 15 is 0 Å². The summed E-state index contributed by atoms with van der Waals surface area (Å²) >= 11 is 0. The Morgan fingerprint density at radius 1 is 1.05 bits per heavy atom. The van der Waals surface area contributed by atoms with Crippen molar-refractivity contribution >= 4 is 5.91 Å². The van der Waals surface area contributed by atoms with Crippen LogP contribution in [-0.4, -0.2) is 49.6 Å². The van der Waals surface area contributed by atoms with Gasteiger partial charge in [-0.05, 0) is 68.9 Å². The van der Waals surface area contributed by atoms with Crippen molar-refractivity contribution < 1.29 is 4.79 Å². The van der Waals surface area contributed by atoms with E-state index in [0.29, 0.717) is 12.6 Å². The molecule has 0 spiro atoms. The van der Waals surface area contributed by atoms with E-state index in [1.165, 1.54) is 32.1 Å². The Balaban J connectivity index is 1.29. The smallest absolute Gasteiger partial charge is 0.234 e. The van der Waals surface area contributed by atoms with Gasteiger partial charge in [-0.25, -0.2) is 0 Å². The van der Waals surface area contributed by atoms with Crippen molar-refractivity contribution in [1.82, 2.24) is 15.5 Å². The highest BCUT2D eigenvalue weighted by atomic mass is 16.2. The molecule has 21 heavy (non-hydrogen) atoms. The maximum atomic E-state index is 12.4. The van der Waals surface area contributed by atoms with E-state index in [4.69, 9.17) is 0 Å². The molecule has 0 aromatic rings. The second kappa shape index (κ2) is 5.88. The Hall–Kier alpha value is -0.610. The van der Waals surface area contributed by atoms with Crippen LogP contribution >= 0.6 is 0 Å². The van der Waals surface area contributed by atoms with Crippen LogP contribution in [0, 0.1) is 23.7 Å². The summed E-state index contributed by atoms with van der Waals surface area (Å²) < 4.78 is 0.